The summed E-state index contributed by atoms with van der Waals surface area (Å²) in [5.41, 5.74) is 3.00. The van der Waals surface area contributed by atoms with E-state index in [0.717, 1.165) is 32.0 Å². The molecule has 0 saturated carbocycles. The van der Waals surface area contributed by atoms with E-state index in [4.69, 9.17) is 9.72 Å². The first kappa shape index (κ1) is 22.1. The lowest BCUT2D eigenvalue weighted by Gasteiger charge is -2.36. The molecular weight excluding hydrogens is 438 g/mol. The van der Waals surface area contributed by atoms with E-state index < -0.39 is 0 Å². The van der Waals surface area contributed by atoms with Gasteiger partial charge in [0.05, 0.1) is 25.4 Å². The maximum atomic E-state index is 13.6. The first-order chi connectivity index (χ1) is 16.0. The highest BCUT2D eigenvalue weighted by Crippen LogP contribution is 2.36. The average Bonchev–Trinajstić information content (AvgIpc) is 3.47. The number of carbonyl (C=O) groups is 2. The Bertz CT molecular complexity index is 1160. The summed E-state index contributed by atoms with van der Waals surface area (Å²) < 4.78 is 7.36. The normalized spacial score (nSPS) is 17.6. The summed E-state index contributed by atoms with van der Waals surface area (Å²) in [4.78, 5) is 38.5. The highest BCUT2D eigenvalue weighted by Gasteiger charge is 2.29. The van der Waals surface area contributed by atoms with Gasteiger partial charge in [-0.15, -0.1) is 11.3 Å². The standard InChI is InChI=1S/C24H29N5O3S/c1-17-15-18(2)25-23-20(17)21(28-5-3-4-6-28)22(33-23)24(31)29-9-7-26(8-10-29)16-19(30)27-11-13-32-14-12-27/h3-6,15H,7-14,16H2,1-2H3. The SMILES string of the molecule is Cc1cc(C)c2c(-n3cccc3)c(C(=O)N3CCN(CC(=O)N4CCOCC4)CC3)sc2n1. The maximum Gasteiger partial charge on any atom is 0.266 e. The zero-order chi connectivity index (χ0) is 22.9. The Kier molecular flexibility index (Phi) is 6.18. The number of carbonyl (C=O) groups excluding carboxylic acids is 2. The van der Waals surface area contributed by atoms with Crippen LogP contribution >= 0.6 is 11.3 Å². The fraction of sp³-hybridized carbons (Fsp3) is 0.458. The van der Waals surface area contributed by atoms with E-state index in [1.165, 1.54) is 11.3 Å². The van der Waals surface area contributed by atoms with Crippen LogP contribution in [0.1, 0.15) is 20.9 Å². The van der Waals surface area contributed by atoms with Crippen molar-refractivity contribution in [2.45, 2.75) is 13.8 Å². The second-order valence-electron chi connectivity index (χ2n) is 8.69. The van der Waals surface area contributed by atoms with Crippen molar-refractivity contribution >= 4 is 33.4 Å². The Morgan fingerprint density at radius 3 is 2.39 bits per heavy atom. The fourth-order valence-corrected chi connectivity index (χ4v) is 5.92. The molecule has 0 radical (unpaired) electrons. The van der Waals surface area contributed by atoms with Crippen molar-refractivity contribution in [1.29, 1.82) is 0 Å². The lowest BCUT2D eigenvalue weighted by Crippen LogP contribution is -2.52. The van der Waals surface area contributed by atoms with Crippen LogP contribution in [0.3, 0.4) is 0 Å². The zero-order valence-electron chi connectivity index (χ0n) is 19.1. The Labute approximate surface area is 197 Å². The molecule has 2 amide bonds. The Hall–Kier alpha value is -2.75. The van der Waals surface area contributed by atoms with Crippen LogP contribution in [0.4, 0.5) is 0 Å². The van der Waals surface area contributed by atoms with Crippen molar-refractivity contribution in [3.05, 3.63) is 46.7 Å². The molecule has 0 N–H and O–H groups in total. The molecule has 0 bridgehead atoms. The predicted molar refractivity (Wildman–Crippen MR) is 128 cm³/mol. The number of ether oxygens (including phenoxy) is 1. The molecule has 5 rings (SSSR count). The summed E-state index contributed by atoms with van der Waals surface area (Å²) in [5, 5.41) is 1.04. The molecule has 2 aliphatic rings. The van der Waals surface area contributed by atoms with E-state index >= 15 is 0 Å². The fourth-order valence-electron chi connectivity index (χ4n) is 4.65. The van der Waals surface area contributed by atoms with Crippen molar-refractivity contribution in [2.24, 2.45) is 0 Å². The van der Waals surface area contributed by atoms with E-state index in [2.05, 4.69) is 17.9 Å². The van der Waals surface area contributed by atoms with Crippen molar-refractivity contribution in [3.8, 4) is 5.69 Å². The van der Waals surface area contributed by atoms with Gasteiger partial charge in [-0.25, -0.2) is 4.98 Å². The van der Waals surface area contributed by atoms with E-state index in [1.807, 2.05) is 45.8 Å². The topological polar surface area (TPSA) is 70.9 Å². The van der Waals surface area contributed by atoms with Gasteiger partial charge in [0.15, 0.2) is 0 Å². The van der Waals surface area contributed by atoms with E-state index in [-0.39, 0.29) is 11.8 Å². The van der Waals surface area contributed by atoms with Crippen LogP contribution in [0.2, 0.25) is 0 Å². The summed E-state index contributed by atoms with van der Waals surface area (Å²) in [6.45, 7) is 9.64. The second-order valence-corrected chi connectivity index (χ2v) is 9.69. The van der Waals surface area contributed by atoms with E-state index in [0.29, 0.717) is 59.0 Å². The zero-order valence-corrected chi connectivity index (χ0v) is 19.9. The van der Waals surface area contributed by atoms with Crippen LogP contribution in [0.25, 0.3) is 15.9 Å². The Balaban J connectivity index is 1.33. The van der Waals surface area contributed by atoms with Gasteiger partial charge in [-0.05, 0) is 37.6 Å². The molecular formula is C24H29N5O3S. The molecule has 0 aliphatic carbocycles. The molecule has 8 nitrogen and oxygen atoms in total. The van der Waals surface area contributed by atoms with Gasteiger partial charge in [-0.2, -0.15) is 0 Å². The summed E-state index contributed by atoms with van der Waals surface area (Å²) >= 11 is 1.47. The van der Waals surface area contributed by atoms with Crippen LogP contribution in [-0.4, -0.2) is 95.1 Å². The van der Waals surface area contributed by atoms with Gasteiger partial charge < -0.3 is 19.1 Å². The number of thiophene rings is 1. The third-order valence-corrected chi connectivity index (χ3v) is 7.46. The van der Waals surface area contributed by atoms with Crippen LogP contribution in [-0.2, 0) is 9.53 Å². The number of aromatic nitrogens is 2. The first-order valence-electron chi connectivity index (χ1n) is 11.4. The van der Waals surface area contributed by atoms with Gasteiger partial charge in [0.1, 0.15) is 9.71 Å². The van der Waals surface area contributed by atoms with Gasteiger partial charge in [0.25, 0.3) is 5.91 Å². The Morgan fingerprint density at radius 1 is 1.00 bits per heavy atom. The molecule has 3 aromatic rings. The minimum Gasteiger partial charge on any atom is -0.378 e. The highest BCUT2D eigenvalue weighted by atomic mass is 32.1. The summed E-state index contributed by atoms with van der Waals surface area (Å²) in [6, 6.07) is 6.01. The smallest absolute Gasteiger partial charge is 0.266 e. The molecule has 5 heterocycles. The van der Waals surface area contributed by atoms with Crippen molar-refractivity contribution in [2.75, 3.05) is 59.0 Å². The second kappa shape index (κ2) is 9.24. The lowest BCUT2D eigenvalue weighted by molar-refractivity contribution is -0.136. The number of nitrogens with zero attached hydrogens (tertiary/aromatic N) is 5. The molecule has 3 aromatic heterocycles. The van der Waals surface area contributed by atoms with E-state index in [9.17, 15) is 9.59 Å². The van der Waals surface area contributed by atoms with Gasteiger partial charge in [-0.3, -0.25) is 14.5 Å². The van der Waals surface area contributed by atoms with Crippen LogP contribution < -0.4 is 0 Å². The number of hydrogen-bond acceptors (Lipinski definition) is 6. The van der Waals surface area contributed by atoms with Crippen molar-refractivity contribution in [1.82, 2.24) is 24.3 Å². The molecule has 0 aromatic carbocycles. The summed E-state index contributed by atoms with van der Waals surface area (Å²) in [5.74, 6) is 0.187. The lowest BCUT2D eigenvalue weighted by atomic mass is 10.1. The van der Waals surface area contributed by atoms with Gasteiger partial charge in [0, 0.05) is 62.7 Å². The quantitative estimate of drug-likeness (QED) is 0.589. The van der Waals surface area contributed by atoms with Gasteiger partial charge >= 0.3 is 0 Å². The third kappa shape index (κ3) is 4.40. The van der Waals surface area contributed by atoms with Gasteiger partial charge in [0.2, 0.25) is 5.91 Å². The van der Waals surface area contributed by atoms with Crippen LogP contribution in [0, 0.1) is 13.8 Å². The maximum absolute atomic E-state index is 13.6. The summed E-state index contributed by atoms with van der Waals surface area (Å²) in [6.07, 6.45) is 3.96. The predicted octanol–water partition coefficient (Wildman–Crippen LogP) is 2.32. The number of hydrogen-bond donors (Lipinski definition) is 0. The molecule has 0 spiro atoms. The molecule has 2 fully saturated rings. The molecule has 0 atom stereocenters. The average molecular weight is 468 g/mol. The number of aryl methyl sites for hydroxylation is 2. The van der Waals surface area contributed by atoms with Crippen LogP contribution in [0.15, 0.2) is 30.6 Å². The minimum atomic E-state index is 0.0397. The van der Waals surface area contributed by atoms with Crippen LogP contribution in [0.5, 0.6) is 0 Å². The van der Waals surface area contributed by atoms with Gasteiger partial charge in [-0.1, -0.05) is 0 Å². The number of fused-ring (bicyclic) bond motifs is 1. The number of amides is 2. The van der Waals surface area contributed by atoms with E-state index in [1.54, 1.807) is 0 Å². The number of morpholine rings is 1. The number of rotatable bonds is 4. The third-order valence-electron chi connectivity index (χ3n) is 6.40. The molecule has 174 valence electrons. The summed E-state index contributed by atoms with van der Waals surface area (Å²) in [7, 11) is 0. The van der Waals surface area contributed by atoms with Crippen molar-refractivity contribution in [3.63, 3.8) is 0 Å². The highest BCUT2D eigenvalue weighted by molar-refractivity contribution is 7.21. The molecule has 2 aliphatic heterocycles. The number of piperazine rings is 1. The Morgan fingerprint density at radius 2 is 1.70 bits per heavy atom. The van der Waals surface area contributed by atoms with Crippen molar-refractivity contribution < 1.29 is 14.3 Å². The molecule has 9 heteroatoms. The molecule has 0 unspecified atom stereocenters. The number of pyridine rings is 1. The molecule has 2 saturated heterocycles. The first-order valence-corrected chi connectivity index (χ1v) is 12.2. The largest absolute Gasteiger partial charge is 0.378 e. The monoisotopic (exact) mass is 467 g/mol. The minimum absolute atomic E-state index is 0.0397. The molecule has 33 heavy (non-hydrogen) atoms.